The Balaban J connectivity index is 2.79. The number of amides is 1. The summed E-state index contributed by atoms with van der Waals surface area (Å²) >= 11 is 5.70. The van der Waals surface area contributed by atoms with Gasteiger partial charge >= 0.3 is 0 Å². The zero-order chi connectivity index (χ0) is 14.5. The fraction of sp³-hybridized carbons (Fsp3) is 0.500. The van der Waals surface area contributed by atoms with Crippen molar-refractivity contribution in [2.45, 2.75) is 20.3 Å². The molecule has 0 saturated carbocycles. The first kappa shape index (κ1) is 15.8. The zero-order valence-corrected chi connectivity index (χ0v) is 12.2. The normalized spacial score (nSPS) is 11.2. The minimum atomic E-state index is -0.591. The van der Waals surface area contributed by atoms with Gasteiger partial charge in [0.25, 0.3) is 5.91 Å². The van der Waals surface area contributed by atoms with Crippen molar-refractivity contribution in [1.29, 1.82) is 0 Å². The van der Waals surface area contributed by atoms with Gasteiger partial charge in [-0.1, -0.05) is 19.9 Å². The van der Waals surface area contributed by atoms with Crippen LogP contribution in [0.3, 0.4) is 0 Å². The van der Waals surface area contributed by atoms with Crippen LogP contribution in [0.2, 0.25) is 0 Å². The Morgan fingerprint density at radius 1 is 1.47 bits per heavy atom. The van der Waals surface area contributed by atoms with Crippen LogP contribution in [-0.2, 0) is 0 Å². The highest BCUT2D eigenvalue weighted by molar-refractivity contribution is 6.17. The lowest BCUT2D eigenvalue weighted by atomic mass is 9.90. The van der Waals surface area contributed by atoms with Crippen LogP contribution in [0.25, 0.3) is 0 Å². The van der Waals surface area contributed by atoms with E-state index in [2.05, 4.69) is 5.32 Å². The molecule has 1 N–H and O–H groups in total. The summed E-state index contributed by atoms with van der Waals surface area (Å²) in [6, 6.07) is 4.30. The van der Waals surface area contributed by atoms with Crippen LogP contribution in [0, 0.1) is 11.2 Å². The van der Waals surface area contributed by atoms with Gasteiger partial charge in [0.1, 0.15) is 17.1 Å². The van der Waals surface area contributed by atoms with Crippen molar-refractivity contribution in [1.82, 2.24) is 5.32 Å². The molecule has 0 bridgehead atoms. The Bertz CT molecular complexity index is 449. The third-order valence-corrected chi connectivity index (χ3v) is 3.11. The third kappa shape index (κ3) is 4.39. The van der Waals surface area contributed by atoms with E-state index in [4.69, 9.17) is 16.3 Å². The van der Waals surface area contributed by atoms with E-state index < -0.39 is 11.7 Å². The molecule has 1 aromatic carbocycles. The maximum Gasteiger partial charge on any atom is 0.258 e. The van der Waals surface area contributed by atoms with Crippen LogP contribution in [0.15, 0.2) is 18.2 Å². The van der Waals surface area contributed by atoms with Crippen molar-refractivity contribution < 1.29 is 13.9 Å². The number of methoxy groups -OCH3 is 1. The third-order valence-electron chi connectivity index (χ3n) is 2.92. The van der Waals surface area contributed by atoms with Crippen molar-refractivity contribution in [3.63, 3.8) is 0 Å². The van der Waals surface area contributed by atoms with Crippen molar-refractivity contribution in [2.75, 3.05) is 19.5 Å². The van der Waals surface area contributed by atoms with Crippen LogP contribution in [0.5, 0.6) is 5.75 Å². The van der Waals surface area contributed by atoms with Gasteiger partial charge in [0.15, 0.2) is 0 Å². The monoisotopic (exact) mass is 287 g/mol. The Kier molecular flexibility index (Phi) is 5.60. The first-order chi connectivity index (χ1) is 8.91. The van der Waals surface area contributed by atoms with Gasteiger partial charge in [-0.05, 0) is 24.0 Å². The average Bonchev–Trinajstić information content (AvgIpc) is 2.35. The van der Waals surface area contributed by atoms with Gasteiger partial charge < -0.3 is 10.1 Å². The van der Waals surface area contributed by atoms with Gasteiger partial charge in [-0.3, -0.25) is 4.79 Å². The minimum Gasteiger partial charge on any atom is -0.496 e. The highest BCUT2D eigenvalue weighted by atomic mass is 35.5. The first-order valence-electron chi connectivity index (χ1n) is 6.08. The number of carbonyl (C=O) groups is 1. The Hall–Kier alpha value is -1.29. The minimum absolute atomic E-state index is 0.0633. The molecule has 0 radical (unpaired) electrons. The summed E-state index contributed by atoms with van der Waals surface area (Å²) in [4.78, 5) is 12.0. The predicted molar refractivity (Wildman–Crippen MR) is 74.4 cm³/mol. The van der Waals surface area contributed by atoms with Gasteiger partial charge in [-0.15, -0.1) is 11.6 Å². The lowest BCUT2D eigenvalue weighted by Gasteiger charge is -2.24. The molecule has 19 heavy (non-hydrogen) atoms. The lowest BCUT2D eigenvalue weighted by Crippen LogP contribution is -2.34. The zero-order valence-electron chi connectivity index (χ0n) is 11.4. The highest BCUT2D eigenvalue weighted by Crippen LogP contribution is 2.23. The number of rotatable bonds is 6. The summed E-state index contributed by atoms with van der Waals surface area (Å²) in [6.07, 6.45) is 0.767. The van der Waals surface area contributed by atoms with Gasteiger partial charge in [-0.25, -0.2) is 4.39 Å². The Labute approximate surface area is 118 Å². The van der Waals surface area contributed by atoms with Crippen molar-refractivity contribution in [2.24, 2.45) is 5.41 Å². The maximum absolute atomic E-state index is 13.7. The number of ether oxygens (including phenoxy) is 1. The van der Waals surface area contributed by atoms with E-state index in [0.29, 0.717) is 12.4 Å². The number of hydrogen-bond acceptors (Lipinski definition) is 2. The van der Waals surface area contributed by atoms with Crippen LogP contribution in [0.4, 0.5) is 4.39 Å². The summed E-state index contributed by atoms with van der Waals surface area (Å²) in [5.74, 6) is -0.316. The summed E-state index contributed by atoms with van der Waals surface area (Å²) < 4.78 is 18.7. The van der Waals surface area contributed by atoms with Crippen LogP contribution in [-0.4, -0.2) is 25.4 Å². The second kappa shape index (κ2) is 6.75. The fourth-order valence-electron chi connectivity index (χ4n) is 1.65. The second-order valence-corrected chi connectivity index (χ2v) is 5.48. The number of hydrogen-bond donors (Lipinski definition) is 1. The van der Waals surface area contributed by atoms with E-state index >= 15 is 0 Å². The first-order valence-corrected chi connectivity index (χ1v) is 6.61. The number of carbonyl (C=O) groups excluding carboxylic acids is 1. The molecule has 106 valence electrons. The van der Waals surface area contributed by atoms with Crippen LogP contribution >= 0.6 is 11.6 Å². The van der Waals surface area contributed by atoms with Crippen LogP contribution < -0.4 is 10.1 Å². The second-order valence-electron chi connectivity index (χ2n) is 5.10. The van der Waals surface area contributed by atoms with E-state index in [1.807, 2.05) is 13.8 Å². The molecular formula is C14H19ClFNO2. The molecule has 3 nitrogen and oxygen atoms in total. The molecule has 0 spiro atoms. The summed E-state index contributed by atoms with van der Waals surface area (Å²) in [5, 5.41) is 2.72. The van der Waals surface area contributed by atoms with E-state index in [0.717, 1.165) is 6.42 Å². The molecule has 0 fully saturated rings. The van der Waals surface area contributed by atoms with E-state index in [9.17, 15) is 9.18 Å². The number of halogens is 2. The number of alkyl halides is 1. The molecule has 0 aliphatic rings. The molecule has 0 saturated heterocycles. The largest absolute Gasteiger partial charge is 0.496 e. The molecule has 0 unspecified atom stereocenters. The molecular weight excluding hydrogens is 269 g/mol. The molecule has 0 aliphatic carbocycles. The predicted octanol–water partition coefficient (Wildman–Crippen LogP) is 3.22. The Morgan fingerprint density at radius 2 is 2.16 bits per heavy atom. The van der Waals surface area contributed by atoms with E-state index in [1.54, 1.807) is 6.07 Å². The van der Waals surface area contributed by atoms with E-state index in [-0.39, 0.29) is 16.7 Å². The molecule has 1 amide bonds. The highest BCUT2D eigenvalue weighted by Gasteiger charge is 2.22. The van der Waals surface area contributed by atoms with Crippen molar-refractivity contribution in [3.8, 4) is 5.75 Å². The molecule has 1 aromatic rings. The quantitative estimate of drug-likeness (QED) is 0.816. The molecule has 1 rings (SSSR count). The average molecular weight is 288 g/mol. The van der Waals surface area contributed by atoms with Gasteiger partial charge in [0.2, 0.25) is 0 Å². The summed E-state index contributed by atoms with van der Waals surface area (Å²) in [5.41, 5.74) is -0.192. The maximum atomic E-state index is 13.7. The van der Waals surface area contributed by atoms with Gasteiger partial charge in [-0.2, -0.15) is 0 Å². The fourth-order valence-corrected chi connectivity index (χ4v) is 2.16. The van der Waals surface area contributed by atoms with Crippen LogP contribution in [0.1, 0.15) is 30.6 Å². The number of benzene rings is 1. The SMILES string of the molecule is COc1cccc(F)c1C(=O)NCC(C)(C)CCCl. The standard InChI is InChI=1S/C14H19ClFNO2/c1-14(2,7-8-15)9-17-13(18)12-10(16)5-4-6-11(12)19-3/h4-6H,7-9H2,1-3H3,(H,17,18). The number of nitrogens with one attached hydrogen (secondary N) is 1. The van der Waals surface area contributed by atoms with Crippen molar-refractivity contribution in [3.05, 3.63) is 29.6 Å². The molecule has 0 aromatic heterocycles. The van der Waals surface area contributed by atoms with E-state index in [1.165, 1.54) is 19.2 Å². The topological polar surface area (TPSA) is 38.3 Å². The molecule has 0 heterocycles. The van der Waals surface area contributed by atoms with Crippen molar-refractivity contribution >= 4 is 17.5 Å². The molecule has 5 heteroatoms. The van der Waals surface area contributed by atoms with Gasteiger partial charge in [0.05, 0.1) is 7.11 Å². The Morgan fingerprint density at radius 3 is 2.74 bits per heavy atom. The smallest absolute Gasteiger partial charge is 0.258 e. The summed E-state index contributed by atoms with van der Waals surface area (Å²) in [7, 11) is 1.41. The lowest BCUT2D eigenvalue weighted by molar-refractivity contribution is 0.0928. The molecule has 0 aliphatic heterocycles. The molecule has 0 atom stereocenters. The van der Waals surface area contributed by atoms with Gasteiger partial charge in [0, 0.05) is 12.4 Å². The summed E-state index contributed by atoms with van der Waals surface area (Å²) in [6.45, 7) is 4.42.